The molecular weight excluding hydrogens is 348 g/mol. The van der Waals surface area contributed by atoms with E-state index in [1.54, 1.807) is 6.07 Å². The molecule has 0 bridgehead atoms. The van der Waals surface area contributed by atoms with Gasteiger partial charge in [0.25, 0.3) is 0 Å². The van der Waals surface area contributed by atoms with Crippen LogP contribution < -0.4 is 5.32 Å². The van der Waals surface area contributed by atoms with Crippen molar-refractivity contribution in [3.05, 3.63) is 58.4 Å². The summed E-state index contributed by atoms with van der Waals surface area (Å²) in [5, 5.41) is 3.59. The second-order valence-corrected chi connectivity index (χ2v) is 7.24. The number of pyridine rings is 1. The normalized spacial score (nSPS) is 15.8. The Morgan fingerprint density at radius 1 is 1.12 bits per heavy atom. The monoisotopic (exact) mass is 372 g/mol. The van der Waals surface area contributed by atoms with Crippen LogP contribution in [0, 0.1) is 13.8 Å². The summed E-state index contributed by atoms with van der Waals surface area (Å²) >= 11 is 6.11. The molecule has 0 spiro atoms. The highest BCUT2D eigenvalue weighted by molar-refractivity contribution is 6.31. The van der Waals surface area contributed by atoms with Crippen molar-refractivity contribution in [2.24, 2.45) is 0 Å². The molecule has 3 rings (SSSR count). The minimum absolute atomic E-state index is 0.000981. The number of nitrogens with one attached hydrogen (secondary N) is 1. The van der Waals surface area contributed by atoms with Crippen LogP contribution in [0.3, 0.4) is 0 Å². The predicted octanol–water partition coefficient (Wildman–Crippen LogP) is 3.11. The lowest BCUT2D eigenvalue weighted by atomic mass is 10.2. The first-order valence-corrected chi connectivity index (χ1v) is 9.30. The molecule has 0 unspecified atom stereocenters. The molecular formula is C20H25ClN4O. The van der Waals surface area contributed by atoms with Gasteiger partial charge in [0, 0.05) is 49.6 Å². The van der Waals surface area contributed by atoms with Crippen molar-refractivity contribution in [2.45, 2.75) is 20.4 Å². The van der Waals surface area contributed by atoms with Crippen molar-refractivity contribution in [1.82, 2.24) is 14.8 Å². The van der Waals surface area contributed by atoms with E-state index < -0.39 is 0 Å². The van der Waals surface area contributed by atoms with E-state index >= 15 is 0 Å². The number of hydrogen-bond donors (Lipinski definition) is 1. The lowest BCUT2D eigenvalue weighted by Gasteiger charge is -2.34. The second kappa shape index (κ2) is 8.62. The summed E-state index contributed by atoms with van der Waals surface area (Å²) in [6, 6.07) is 9.65. The fourth-order valence-electron chi connectivity index (χ4n) is 3.08. The van der Waals surface area contributed by atoms with Crippen molar-refractivity contribution >= 4 is 23.2 Å². The molecule has 138 valence electrons. The smallest absolute Gasteiger partial charge is 0.238 e. The van der Waals surface area contributed by atoms with Crippen molar-refractivity contribution in [1.29, 1.82) is 0 Å². The number of carbonyl (C=O) groups excluding carboxylic acids is 1. The Morgan fingerprint density at radius 3 is 2.54 bits per heavy atom. The van der Waals surface area contributed by atoms with Gasteiger partial charge in [0.1, 0.15) is 0 Å². The molecule has 2 heterocycles. The SMILES string of the molecule is Cc1ccc(NC(=O)CN2CCN(Cc3ncccc3C)CC2)cc1Cl. The summed E-state index contributed by atoms with van der Waals surface area (Å²) in [6.07, 6.45) is 1.85. The zero-order chi connectivity index (χ0) is 18.5. The molecule has 0 aliphatic carbocycles. The summed E-state index contributed by atoms with van der Waals surface area (Å²) in [5.74, 6) is -0.000981. The Bertz CT molecular complexity index is 772. The number of carbonyl (C=O) groups is 1. The van der Waals surface area contributed by atoms with Gasteiger partial charge < -0.3 is 5.32 Å². The van der Waals surface area contributed by atoms with Crippen LogP contribution in [0.4, 0.5) is 5.69 Å². The molecule has 5 nitrogen and oxygen atoms in total. The van der Waals surface area contributed by atoms with E-state index in [0.29, 0.717) is 11.6 Å². The quantitative estimate of drug-likeness (QED) is 0.876. The first-order chi connectivity index (χ1) is 12.5. The van der Waals surface area contributed by atoms with Crippen molar-refractivity contribution in [2.75, 3.05) is 38.0 Å². The number of nitrogens with zero attached hydrogens (tertiary/aromatic N) is 3. The second-order valence-electron chi connectivity index (χ2n) is 6.83. The number of aryl methyl sites for hydroxylation is 2. The van der Waals surface area contributed by atoms with Gasteiger partial charge in [-0.2, -0.15) is 0 Å². The maximum Gasteiger partial charge on any atom is 0.238 e. The third kappa shape index (κ3) is 5.04. The number of halogens is 1. The van der Waals surface area contributed by atoms with Gasteiger partial charge in [0.15, 0.2) is 0 Å². The lowest BCUT2D eigenvalue weighted by molar-refractivity contribution is -0.117. The van der Waals surface area contributed by atoms with Gasteiger partial charge in [0.05, 0.1) is 12.2 Å². The molecule has 1 amide bonds. The van der Waals surface area contributed by atoms with Gasteiger partial charge in [0.2, 0.25) is 5.91 Å². The Kier molecular flexibility index (Phi) is 6.25. The number of amides is 1. The zero-order valence-electron chi connectivity index (χ0n) is 15.3. The third-order valence-corrected chi connectivity index (χ3v) is 5.19. The van der Waals surface area contributed by atoms with E-state index in [0.717, 1.165) is 49.7 Å². The standard InChI is InChI=1S/C20H25ClN4O/c1-15-5-6-17(12-18(15)21)23-20(26)14-25-10-8-24(9-11-25)13-19-16(2)4-3-7-22-19/h3-7,12H,8-11,13-14H2,1-2H3,(H,23,26). The highest BCUT2D eigenvalue weighted by atomic mass is 35.5. The number of benzene rings is 1. The maximum absolute atomic E-state index is 12.3. The van der Waals surface area contributed by atoms with E-state index in [2.05, 4.69) is 33.1 Å². The number of aromatic nitrogens is 1. The number of piperazine rings is 1. The minimum atomic E-state index is -0.000981. The summed E-state index contributed by atoms with van der Waals surface area (Å²) in [7, 11) is 0. The molecule has 1 aromatic heterocycles. The average molecular weight is 373 g/mol. The van der Waals surface area contributed by atoms with Crippen LogP contribution in [0.1, 0.15) is 16.8 Å². The first-order valence-electron chi connectivity index (χ1n) is 8.92. The molecule has 1 aliphatic rings. The van der Waals surface area contributed by atoms with Crippen LogP contribution in [0.25, 0.3) is 0 Å². The van der Waals surface area contributed by atoms with E-state index in [4.69, 9.17) is 11.6 Å². The average Bonchev–Trinajstić information content (AvgIpc) is 2.62. The van der Waals surface area contributed by atoms with Crippen LogP contribution in [0.2, 0.25) is 5.02 Å². The van der Waals surface area contributed by atoms with Gasteiger partial charge in [-0.05, 0) is 43.2 Å². The molecule has 2 aromatic rings. The van der Waals surface area contributed by atoms with Crippen LogP contribution in [0.15, 0.2) is 36.5 Å². The van der Waals surface area contributed by atoms with Gasteiger partial charge in [-0.25, -0.2) is 0 Å². The van der Waals surface area contributed by atoms with E-state index in [9.17, 15) is 4.79 Å². The summed E-state index contributed by atoms with van der Waals surface area (Å²) in [4.78, 5) is 21.3. The molecule has 1 fully saturated rings. The molecule has 1 aliphatic heterocycles. The zero-order valence-corrected chi connectivity index (χ0v) is 16.1. The number of anilines is 1. The Balaban J connectivity index is 1.45. The van der Waals surface area contributed by atoms with Crippen molar-refractivity contribution in [3.8, 4) is 0 Å². The summed E-state index contributed by atoms with van der Waals surface area (Å²) in [5.41, 5.74) is 4.11. The van der Waals surface area contributed by atoms with Crippen LogP contribution >= 0.6 is 11.6 Å². The third-order valence-electron chi connectivity index (χ3n) is 4.78. The van der Waals surface area contributed by atoms with Crippen LogP contribution in [-0.4, -0.2) is 53.4 Å². The van der Waals surface area contributed by atoms with Gasteiger partial charge in [-0.15, -0.1) is 0 Å². The maximum atomic E-state index is 12.3. The minimum Gasteiger partial charge on any atom is -0.325 e. The summed E-state index contributed by atoms with van der Waals surface area (Å²) in [6.45, 7) is 8.97. The van der Waals surface area contributed by atoms with Gasteiger partial charge >= 0.3 is 0 Å². The molecule has 6 heteroatoms. The molecule has 1 saturated heterocycles. The Labute approximate surface area is 160 Å². The highest BCUT2D eigenvalue weighted by Crippen LogP contribution is 2.20. The molecule has 0 atom stereocenters. The fraction of sp³-hybridized carbons (Fsp3) is 0.400. The van der Waals surface area contributed by atoms with Crippen LogP contribution in [0.5, 0.6) is 0 Å². The van der Waals surface area contributed by atoms with E-state index in [-0.39, 0.29) is 5.91 Å². The number of hydrogen-bond acceptors (Lipinski definition) is 4. The number of rotatable bonds is 5. The van der Waals surface area contributed by atoms with Gasteiger partial charge in [-0.1, -0.05) is 23.7 Å². The molecule has 0 radical (unpaired) electrons. The molecule has 1 aromatic carbocycles. The van der Waals surface area contributed by atoms with Crippen LogP contribution in [-0.2, 0) is 11.3 Å². The van der Waals surface area contributed by atoms with Crippen molar-refractivity contribution < 1.29 is 4.79 Å². The van der Waals surface area contributed by atoms with Gasteiger partial charge in [-0.3, -0.25) is 19.6 Å². The highest BCUT2D eigenvalue weighted by Gasteiger charge is 2.19. The molecule has 1 N–H and O–H groups in total. The topological polar surface area (TPSA) is 48.5 Å². The summed E-state index contributed by atoms with van der Waals surface area (Å²) < 4.78 is 0. The lowest BCUT2D eigenvalue weighted by Crippen LogP contribution is -2.48. The first kappa shape index (κ1) is 18.8. The largest absolute Gasteiger partial charge is 0.325 e. The molecule has 0 saturated carbocycles. The van der Waals surface area contributed by atoms with Crippen molar-refractivity contribution in [3.63, 3.8) is 0 Å². The van der Waals surface area contributed by atoms with E-state index in [1.807, 2.05) is 31.3 Å². The predicted molar refractivity (Wildman–Crippen MR) is 106 cm³/mol. The Morgan fingerprint density at radius 2 is 1.85 bits per heavy atom. The Hall–Kier alpha value is -1.95. The fourth-order valence-corrected chi connectivity index (χ4v) is 3.26. The van der Waals surface area contributed by atoms with E-state index in [1.165, 1.54) is 5.56 Å². The molecule has 26 heavy (non-hydrogen) atoms.